The summed E-state index contributed by atoms with van der Waals surface area (Å²) in [6.45, 7) is 0. The molecular weight excluding hydrogens is 360 g/mol. The molecule has 0 aromatic rings. The van der Waals surface area contributed by atoms with E-state index in [1.54, 1.807) is 0 Å². The van der Waals surface area contributed by atoms with Crippen LogP contribution in [0.2, 0.25) is 0 Å². The largest absolute Gasteiger partial charge is 0.0842 e. The smallest absolute Gasteiger partial charge is 0.0241 e. The van der Waals surface area contributed by atoms with Crippen LogP contribution < -0.4 is 0 Å². The molecule has 151 valence electrons. The Kier molecular flexibility index (Phi) is 17.6. The van der Waals surface area contributed by atoms with E-state index in [2.05, 4.69) is 18.2 Å². The average Bonchev–Trinajstić information content (AvgIpc) is 2.76. The Morgan fingerprint density at radius 2 is 0.567 bits per heavy atom. The molecule has 0 aromatic carbocycles. The molecule has 0 N–H and O–H groups in total. The van der Waals surface area contributed by atoms with Gasteiger partial charge in [0.15, 0.2) is 0 Å². The van der Waals surface area contributed by atoms with Crippen LogP contribution in [0, 0.1) is 6.08 Å². The lowest BCUT2D eigenvalue weighted by atomic mass is 10.2. The highest BCUT2D eigenvalue weighted by Crippen LogP contribution is 1.94. The maximum atomic E-state index is 3.26. The van der Waals surface area contributed by atoms with Gasteiger partial charge in [-0.05, 0) is 18.9 Å². The van der Waals surface area contributed by atoms with Crippen molar-refractivity contribution in [2.45, 2.75) is 12.8 Å². The Hall–Kier alpha value is -3.64. The molecule has 30 heavy (non-hydrogen) atoms. The van der Waals surface area contributed by atoms with Crippen molar-refractivity contribution in [3.8, 4) is 0 Å². The van der Waals surface area contributed by atoms with Crippen LogP contribution in [0.5, 0.6) is 0 Å². The van der Waals surface area contributed by atoms with Gasteiger partial charge in [0.1, 0.15) is 0 Å². The molecule has 1 rings (SSSR count). The first kappa shape index (κ1) is 24.4. The van der Waals surface area contributed by atoms with Gasteiger partial charge in [-0.15, -0.1) is 0 Å². The van der Waals surface area contributed by atoms with E-state index >= 15 is 0 Å². The van der Waals surface area contributed by atoms with Crippen LogP contribution in [-0.4, -0.2) is 0 Å². The number of hydrogen-bond acceptors (Lipinski definition) is 0. The lowest BCUT2D eigenvalue weighted by molar-refractivity contribution is 1.03. The minimum absolute atomic E-state index is 0.918. The summed E-state index contributed by atoms with van der Waals surface area (Å²) >= 11 is 0. The first-order valence-electron chi connectivity index (χ1n) is 10.2. The van der Waals surface area contributed by atoms with Crippen LogP contribution >= 0.6 is 0 Å². The van der Waals surface area contributed by atoms with Crippen LogP contribution in [0.4, 0.5) is 0 Å². The van der Waals surface area contributed by atoms with Gasteiger partial charge in [0.2, 0.25) is 0 Å². The highest BCUT2D eigenvalue weighted by Gasteiger charge is 1.75. The van der Waals surface area contributed by atoms with Crippen molar-refractivity contribution in [2.75, 3.05) is 0 Å². The first-order valence-corrected chi connectivity index (χ1v) is 10.2. The van der Waals surface area contributed by atoms with Crippen molar-refractivity contribution in [3.63, 3.8) is 0 Å². The van der Waals surface area contributed by atoms with Crippen LogP contribution in [0.3, 0.4) is 0 Å². The lowest BCUT2D eigenvalue weighted by Crippen LogP contribution is -1.64. The summed E-state index contributed by atoms with van der Waals surface area (Å²) in [4.78, 5) is 0. The maximum absolute atomic E-state index is 3.26. The first-order chi connectivity index (χ1) is 15.0. The molecule has 0 aromatic heterocycles. The third kappa shape index (κ3) is 19.1. The quantitative estimate of drug-likeness (QED) is 0.389. The van der Waals surface area contributed by atoms with E-state index in [0.29, 0.717) is 0 Å². The molecule has 0 saturated heterocycles. The van der Waals surface area contributed by atoms with Crippen LogP contribution in [0.1, 0.15) is 12.8 Å². The highest BCUT2D eigenvalue weighted by molar-refractivity contribution is 5.23. The van der Waals surface area contributed by atoms with Crippen molar-refractivity contribution >= 4 is 0 Å². The minimum atomic E-state index is 0.918. The summed E-state index contributed by atoms with van der Waals surface area (Å²) < 4.78 is 0. The maximum Gasteiger partial charge on any atom is -0.0241 e. The molecule has 1 aliphatic rings. The van der Waals surface area contributed by atoms with Gasteiger partial charge in [0.05, 0.1) is 0 Å². The number of allylic oxidation sites excluding steroid dienone is 28. The predicted molar refractivity (Wildman–Crippen MR) is 136 cm³/mol. The molecule has 0 fully saturated rings. The van der Waals surface area contributed by atoms with Crippen LogP contribution in [0.15, 0.2) is 164 Å². The van der Waals surface area contributed by atoms with E-state index < -0.39 is 0 Å². The SMILES string of the molecule is [C]1=C/C=C\C=C/C=C\C=C/C=C\C=C/C=C\C=C/C=C\C=C/C=C\C=C/C=CCC\1. The molecule has 0 spiro atoms. The Balaban J connectivity index is 2.61. The second kappa shape index (κ2) is 21.7. The van der Waals surface area contributed by atoms with Gasteiger partial charge in [-0.25, -0.2) is 0 Å². The van der Waals surface area contributed by atoms with Crippen molar-refractivity contribution in [1.29, 1.82) is 0 Å². The summed E-state index contributed by atoms with van der Waals surface area (Å²) in [7, 11) is 0. The highest BCUT2D eigenvalue weighted by atomic mass is 13.8. The molecule has 0 atom stereocenters. The van der Waals surface area contributed by atoms with Crippen molar-refractivity contribution in [2.24, 2.45) is 0 Å². The molecule has 0 heteroatoms. The standard InChI is InChI=1S/C30H31/c1-2-4-6-8-10-12-14-16-18-20-22-24-26-28-30-29-27-25-23-21-19-17-15-13-11-9-7-5-3-1/h1-27H,28,30H2/b2-1-,5-3-,6-4-,9-7-,10-8-,13-11-,14-12-,17-15-,18-16-,21-19-,22-20-,25-23-,26-24?,29-27?. The summed E-state index contributed by atoms with van der Waals surface area (Å²) in [6, 6.07) is 0. The normalized spacial score (nSPS) is 30.4. The molecule has 1 aliphatic carbocycles. The van der Waals surface area contributed by atoms with Gasteiger partial charge in [0.25, 0.3) is 0 Å². The second-order valence-corrected chi connectivity index (χ2v) is 5.96. The lowest BCUT2D eigenvalue weighted by Gasteiger charge is -1.83. The molecule has 0 saturated carbocycles. The van der Waals surface area contributed by atoms with Crippen LogP contribution in [-0.2, 0) is 0 Å². The molecule has 0 unspecified atom stereocenters. The molecule has 0 nitrogen and oxygen atoms in total. The van der Waals surface area contributed by atoms with Crippen LogP contribution in [0.25, 0.3) is 0 Å². The zero-order chi connectivity index (χ0) is 21.2. The Labute approximate surface area is 183 Å². The van der Waals surface area contributed by atoms with Crippen molar-refractivity contribution in [1.82, 2.24) is 0 Å². The fourth-order valence-corrected chi connectivity index (χ4v) is 2.02. The van der Waals surface area contributed by atoms with E-state index in [4.69, 9.17) is 0 Å². The predicted octanol–water partition coefficient (Wildman–Crippen LogP) is 8.37. The third-order valence-corrected chi connectivity index (χ3v) is 3.47. The van der Waals surface area contributed by atoms with Crippen molar-refractivity contribution < 1.29 is 0 Å². The molecule has 1 radical (unpaired) electrons. The van der Waals surface area contributed by atoms with E-state index in [1.807, 2.05) is 152 Å². The second-order valence-electron chi connectivity index (χ2n) is 5.96. The topological polar surface area (TPSA) is 0 Å². The van der Waals surface area contributed by atoms with E-state index in [1.165, 1.54) is 0 Å². The van der Waals surface area contributed by atoms with Gasteiger partial charge in [-0.3, -0.25) is 0 Å². The number of rotatable bonds is 0. The monoisotopic (exact) mass is 391 g/mol. The summed E-state index contributed by atoms with van der Waals surface area (Å²) in [5.41, 5.74) is 0. The van der Waals surface area contributed by atoms with Gasteiger partial charge >= 0.3 is 0 Å². The Morgan fingerprint density at radius 1 is 0.300 bits per heavy atom. The minimum Gasteiger partial charge on any atom is -0.0842 e. The zero-order valence-corrected chi connectivity index (χ0v) is 17.5. The zero-order valence-electron chi connectivity index (χ0n) is 17.5. The van der Waals surface area contributed by atoms with Crippen molar-refractivity contribution in [3.05, 3.63) is 170 Å². The van der Waals surface area contributed by atoms with Gasteiger partial charge in [-0.1, -0.05) is 164 Å². The Bertz CT molecular complexity index is 760. The molecule has 0 aliphatic heterocycles. The van der Waals surface area contributed by atoms with Gasteiger partial charge in [0, 0.05) is 0 Å². The number of hydrogen-bond donors (Lipinski definition) is 0. The van der Waals surface area contributed by atoms with Gasteiger partial charge in [-0.2, -0.15) is 0 Å². The fraction of sp³-hybridized carbons (Fsp3) is 0.0667. The van der Waals surface area contributed by atoms with E-state index in [-0.39, 0.29) is 0 Å². The fourth-order valence-electron chi connectivity index (χ4n) is 2.02. The molecule has 0 amide bonds. The average molecular weight is 392 g/mol. The molecular formula is C30H31. The molecule has 0 heterocycles. The summed E-state index contributed by atoms with van der Waals surface area (Å²) in [5, 5.41) is 0. The summed E-state index contributed by atoms with van der Waals surface area (Å²) in [6.07, 6.45) is 59.5. The van der Waals surface area contributed by atoms with E-state index in [9.17, 15) is 0 Å². The Morgan fingerprint density at radius 3 is 0.900 bits per heavy atom. The molecule has 0 bridgehead atoms. The third-order valence-electron chi connectivity index (χ3n) is 3.47. The van der Waals surface area contributed by atoms with Gasteiger partial charge < -0.3 is 0 Å². The summed E-state index contributed by atoms with van der Waals surface area (Å²) in [5.74, 6) is 0. The van der Waals surface area contributed by atoms with E-state index in [0.717, 1.165) is 12.8 Å².